The number of carbonyl (C=O) groups excluding carboxylic acids is 2. The second-order valence-corrected chi connectivity index (χ2v) is 14.4. The Hall–Kier alpha value is -3.28. The molecule has 6 heteroatoms. The first-order valence-electron chi connectivity index (χ1n) is 17.6. The van der Waals surface area contributed by atoms with Gasteiger partial charge in [-0.1, -0.05) is 114 Å². The van der Waals surface area contributed by atoms with Gasteiger partial charge in [0.25, 0.3) is 0 Å². The number of carbonyl (C=O) groups is 2. The number of unbranched alkanes of at least 4 members (excludes halogenated alkanes) is 8. The lowest BCUT2D eigenvalue weighted by molar-refractivity contribution is -0.164. The van der Waals surface area contributed by atoms with E-state index in [1.807, 2.05) is 90.1 Å². The van der Waals surface area contributed by atoms with Gasteiger partial charge in [0.1, 0.15) is 22.7 Å². The van der Waals surface area contributed by atoms with E-state index in [4.69, 9.17) is 18.9 Å². The Kier molecular flexibility index (Phi) is 14.2. The van der Waals surface area contributed by atoms with Crippen LogP contribution in [0.25, 0.3) is 21.5 Å². The van der Waals surface area contributed by atoms with Crippen LogP contribution in [0.5, 0.6) is 11.5 Å². The van der Waals surface area contributed by atoms with Gasteiger partial charge in [0.2, 0.25) is 0 Å². The molecule has 2 unspecified atom stereocenters. The van der Waals surface area contributed by atoms with Crippen LogP contribution in [-0.2, 0) is 19.1 Å². The van der Waals surface area contributed by atoms with E-state index in [1.54, 1.807) is 0 Å². The molecule has 0 saturated heterocycles. The van der Waals surface area contributed by atoms with Gasteiger partial charge in [-0.05, 0) is 67.2 Å². The summed E-state index contributed by atoms with van der Waals surface area (Å²) in [5.74, 6) is 0.529. The number of fused-ring (bicyclic) bond motifs is 2. The number of ether oxygens (including phenoxy) is 4. The Morgan fingerprint density at radius 1 is 0.522 bits per heavy atom. The molecule has 0 radical (unpaired) electrons. The maximum Gasteiger partial charge on any atom is 0.347 e. The minimum Gasteiger partial charge on any atom is -0.477 e. The topological polar surface area (TPSA) is 71.1 Å². The van der Waals surface area contributed by atoms with Crippen LogP contribution in [0.4, 0.5) is 0 Å². The summed E-state index contributed by atoms with van der Waals surface area (Å²) in [6.45, 7) is 15.7. The van der Waals surface area contributed by atoms with E-state index >= 15 is 0 Å². The molecule has 3 aromatic carbocycles. The molecular formula is C40H58O6. The summed E-state index contributed by atoms with van der Waals surface area (Å²) >= 11 is 0. The largest absolute Gasteiger partial charge is 0.477 e. The molecule has 0 fully saturated rings. The lowest BCUT2D eigenvalue weighted by atomic mass is 9.99. The second-order valence-electron chi connectivity index (χ2n) is 14.4. The van der Waals surface area contributed by atoms with Crippen LogP contribution >= 0.6 is 0 Å². The molecule has 0 spiro atoms. The van der Waals surface area contributed by atoms with E-state index < -0.39 is 23.4 Å². The van der Waals surface area contributed by atoms with Crippen LogP contribution < -0.4 is 9.47 Å². The fraction of sp³-hybridized carbons (Fsp3) is 0.600. The minimum atomic E-state index is -0.753. The molecule has 6 nitrogen and oxygen atoms in total. The summed E-state index contributed by atoms with van der Waals surface area (Å²) in [6.07, 6.45) is 10.4. The average Bonchev–Trinajstić information content (AvgIpc) is 2.98. The highest BCUT2D eigenvalue weighted by molar-refractivity contribution is 6.11. The predicted molar refractivity (Wildman–Crippen MR) is 189 cm³/mol. The van der Waals surface area contributed by atoms with Crippen molar-refractivity contribution in [2.75, 3.05) is 0 Å². The summed E-state index contributed by atoms with van der Waals surface area (Å²) < 4.78 is 25.1. The number of hydrogen-bond donors (Lipinski definition) is 0. The van der Waals surface area contributed by atoms with Crippen molar-refractivity contribution in [1.29, 1.82) is 0 Å². The molecular weight excluding hydrogens is 576 g/mol. The fourth-order valence-corrected chi connectivity index (χ4v) is 5.64. The number of esters is 2. The van der Waals surface area contributed by atoms with Crippen molar-refractivity contribution < 1.29 is 28.5 Å². The van der Waals surface area contributed by atoms with E-state index in [1.165, 1.54) is 12.8 Å². The molecule has 0 aromatic heterocycles. The third kappa shape index (κ3) is 11.5. The van der Waals surface area contributed by atoms with Crippen molar-refractivity contribution in [1.82, 2.24) is 0 Å². The van der Waals surface area contributed by atoms with Gasteiger partial charge in [0.05, 0.1) is 0 Å². The zero-order valence-corrected chi connectivity index (χ0v) is 29.7. The first-order chi connectivity index (χ1) is 21.8. The van der Waals surface area contributed by atoms with Gasteiger partial charge in [0, 0.05) is 21.5 Å². The fourth-order valence-electron chi connectivity index (χ4n) is 5.64. The molecule has 0 saturated carbocycles. The first-order valence-corrected chi connectivity index (χ1v) is 17.6. The van der Waals surface area contributed by atoms with E-state index in [9.17, 15) is 9.59 Å². The minimum absolute atomic E-state index is 0.357. The second kappa shape index (κ2) is 17.6. The molecule has 3 rings (SSSR count). The summed E-state index contributed by atoms with van der Waals surface area (Å²) in [6, 6.07) is 15.8. The van der Waals surface area contributed by atoms with E-state index in [0.29, 0.717) is 24.3 Å². The lowest BCUT2D eigenvalue weighted by Gasteiger charge is -2.27. The molecule has 3 aromatic rings. The van der Waals surface area contributed by atoms with Crippen LogP contribution in [-0.4, -0.2) is 35.3 Å². The molecule has 0 aliphatic rings. The van der Waals surface area contributed by atoms with Crippen molar-refractivity contribution in [3.05, 3.63) is 48.5 Å². The van der Waals surface area contributed by atoms with Crippen molar-refractivity contribution >= 4 is 33.5 Å². The Morgan fingerprint density at radius 3 is 1.11 bits per heavy atom. The van der Waals surface area contributed by atoms with Crippen LogP contribution in [0.3, 0.4) is 0 Å². The lowest BCUT2D eigenvalue weighted by Crippen LogP contribution is -2.36. The Labute approximate surface area is 277 Å². The van der Waals surface area contributed by atoms with Crippen LogP contribution in [0.15, 0.2) is 48.5 Å². The number of benzene rings is 3. The van der Waals surface area contributed by atoms with Gasteiger partial charge in [-0.2, -0.15) is 0 Å². The Morgan fingerprint density at radius 2 is 0.826 bits per heavy atom. The van der Waals surface area contributed by atoms with Crippen molar-refractivity contribution in [3.63, 3.8) is 0 Å². The number of hydrogen-bond acceptors (Lipinski definition) is 6. The summed E-state index contributed by atoms with van der Waals surface area (Å²) in [7, 11) is 0. The average molecular weight is 635 g/mol. The summed E-state index contributed by atoms with van der Waals surface area (Å²) in [5, 5.41) is 3.28. The molecule has 254 valence electrons. The highest BCUT2D eigenvalue weighted by Crippen LogP contribution is 2.44. The van der Waals surface area contributed by atoms with Gasteiger partial charge in [-0.3, -0.25) is 0 Å². The molecule has 2 atom stereocenters. The van der Waals surface area contributed by atoms with Gasteiger partial charge < -0.3 is 18.9 Å². The van der Waals surface area contributed by atoms with Crippen LogP contribution in [0.1, 0.15) is 132 Å². The zero-order valence-electron chi connectivity index (χ0n) is 29.7. The third-order valence-corrected chi connectivity index (χ3v) is 7.83. The zero-order chi connectivity index (χ0) is 33.7. The Bertz CT molecular complexity index is 1230. The van der Waals surface area contributed by atoms with E-state index in [0.717, 1.165) is 72.9 Å². The standard InChI is InChI=1S/C40H58O6/c1-9-11-13-15-17-27-33(37(41)45-39(3,4)5)43-35-29-23-19-21-25-31(29)36(32-26-22-20-24-30(32)35)44-34(28-18-16-14-12-10-2)38(42)46-40(6,7)8/h19-26,33-34H,9-18,27-28H2,1-8H3. The van der Waals surface area contributed by atoms with Gasteiger partial charge >= 0.3 is 11.9 Å². The van der Waals surface area contributed by atoms with E-state index in [2.05, 4.69) is 13.8 Å². The van der Waals surface area contributed by atoms with Gasteiger partial charge in [0.15, 0.2) is 12.2 Å². The molecule has 0 N–H and O–H groups in total. The highest BCUT2D eigenvalue weighted by Gasteiger charge is 2.31. The first kappa shape index (κ1) is 37.2. The molecule has 0 heterocycles. The normalized spacial score (nSPS) is 13.4. The molecule has 0 bridgehead atoms. The van der Waals surface area contributed by atoms with Crippen LogP contribution in [0, 0.1) is 0 Å². The van der Waals surface area contributed by atoms with Crippen molar-refractivity contribution in [2.45, 2.75) is 156 Å². The SMILES string of the molecule is CCCCCCCC(Oc1c2ccccc2c(OC(CCCCCCC)C(=O)OC(C)(C)C)c2ccccc12)C(=O)OC(C)(C)C. The Balaban J connectivity index is 2.06. The summed E-state index contributed by atoms with van der Waals surface area (Å²) in [5.41, 5.74) is -1.26. The maximum atomic E-state index is 13.5. The monoisotopic (exact) mass is 634 g/mol. The predicted octanol–water partition coefficient (Wildman–Crippen LogP) is 10.9. The summed E-state index contributed by atoms with van der Waals surface area (Å²) in [4.78, 5) is 27.0. The van der Waals surface area contributed by atoms with Gasteiger partial charge in [-0.25, -0.2) is 9.59 Å². The molecule has 46 heavy (non-hydrogen) atoms. The molecule has 0 aliphatic carbocycles. The molecule has 0 amide bonds. The van der Waals surface area contributed by atoms with Crippen LogP contribution in [0.2, 0.25) is 0 Å². The van der Waals surface area contributed by atoms with Crippen molar-refractivity contribution in [2.24, 2.45) is 0 Å². The third-order valence-electron chi connectivity index (χ3n) is 7.83. The van der Waals surface area contributed by atoms with Gasteiger partial charge in [-0.15, -0.1) is 0 Å². The van der Waals surface area contributed by atoms with E-state index in [-0.39, 0.29) is 11.9 Å². The quantitative estimate of drug-likeness (QED) is 0.0787. The molecule has 0 aliphatic heterocycles. The highest BCUT2D eigenvalue weighted by atomic mass is 16.6. The number of rotatable bonds is 18. The van der Waals surface area contributed by atoms with Crippen molar-refractivity contribution in [3.8, 4) is 11.5 Å². The smallest absolute Gasteiger partial charge is 0.347 e. The maximum absolute atomic E-state index is 13.5.